The third kappa shape index (κ3) is 8.73. The molecule has 2 aromatic heterocycles. The lowest BCUT2D eigenvalue weighted by atomic mass is 9.94. The van der Waals surface area contributed by atoms with Gasteiger partial charge in [0.05, 0.1) is 29.8 Å². The molecule has 1 aliphatic heterocycles. The van der Waals surface area contributed by atoms with Crippen LogP contribution < -0.4 is 15.0 Å². The molecule has 13 heteroatoms. The minimum atomic E-state index is -2.34. The molecule has 0 radical (unpaired) electrons. The monoisotopic (exact) mass is 801 g/mol. The average molecular weight is 802 g/mol. The van der Waals surface area contributed by atoms with Crippen LogP contribution in [-0.2, 0) is 4.74 Å². The fourth-order valence-electron chi connectivity index (χ4n) is 8.51. The van der Waals surface area contributed by atoms with Crippen LogP contribution in [-0.4, -0.2) is 76.8 Å². The molecule has 2 aliphatic rings. The first-order valence-corrected chi connectivity index (χ1v) is 22.3. The highest BCUT2D eigenvalue weighted by Crippen LogP contribution is 2.46. The first kappa shape index (κ1) is 42.2. The van der Waals surface area contributed by atoms with E-state index in [9.17, 15) is 15.0 Å². The Kier molecular flexibility index (Phi) is 11.7. The predicted molar refractivity (Wildman–Crippen MR) is 224 cm³/mol. The second-order valence-electron chi connectivity index (χ2n) is 18.3. The van der Waals surface area contributed by atoms with Crippen LogP contribution in [0.3, 0.4) is 0 Å². The SMILES string of the molecule is CC(C)[Si](C#Cc1c(F)ccc2cc(NC(=O)OC(C)(C)C)cc(-c3ncc4c(N5CCC[C@@](C)(O)C5)nc(OCC5(CO)CC5)nc4c3F)c12)(C(C)C)C(C)C. The minimum Gasteiger partial charge on any atom is -0.463 e. The Balaban J connectivity index is 1.61. The zero-order valence-corrected chi connectivity index (χ0v) is 35.9. The van der Waals surface area contributed by atoms with Crippen molar-refractivity contribution in [3.8, 4) is 28.7 Å². The zero-order valence-electron chi connectivity index (χ0n) is 34.9. The molecule has 1 saturated heterocycles. The van der Waals surface area contributed by atoms with Gasteiger partial charge in [0.2, 0.25) is 0 Å². The standard InChI is InChI=1S/C44H57F2N5O5Si/c1-26(2)57(27(3)4,28(5)6)19-14-31-34(45)13-12-29-20-30(48-41(53)56-42(7,8)9)21-32(35(29)31)37-36(46)38-33(22-47-37)39(51-18-11-15-43(10,54)23-51)50-40(49-38)55-25-44(24-52)16-17-44/h12-13,20-22,26-28,52,54H,11,15-18,23-25H2,1-10H3,(H,48,53)/t43-/m1/s1. The van der Waals surface area contributed by atoms with Crippen LogP contribution >= 0.6 is 0 Å². The second kappa shape index (κ2) is 15.8. The van der Waals surface area contributed by atoms with E-state index < -0.39 is 42.4 Å². The zero-order chi connectivity index (χ0) is 41.7. The van der Waals surface area contributed by atoms with Gasteiger partial charge in [-0.2, -0.15) is 9.97 Å². The number of amides is 1. The van der Waals surface area contributed by atoms with E-state index in [1.54, 1.807) is 45.9 Å². The number of aliphatic hydroxyl groups excluding tert-OH is 1. The van der Waals surface area contributed by atoms with Crippen molar-refractivity contribution in [1.82, 2.24) is 15.0 Å². The molecule has 0 spiro atoms. The summed E-state index contributed by atoms with van der Waals surface area (Å²) in [5.41, 5.74) is 2.72. The number of pyridine rings is 1. The Hall–Kier alpha value is -4.38. The van der Waals surface area contributed by atoms with E-state index in [0.717, 1.165) is 12.8 Å². The van der Waals surface area contributed by atoms with E-state index in [-0.39, 0.29) is 70.4 Å². The predicted octanol–water partition coefficient (Wildman–Crippen LogP) is 9.54. The Morgan fingerprint density at radius 2 is 1.74 bits per heavy atom. The van der Waals surface area contributed by atoms with Gasteiger partial charge in [0, 0.05) is 41.3 Å². The van der Waals surface area contributed by atoms with Gasteiger partial charge in [0.15, 0.2) is 5.82 Å². The molecule has 3 heterocycles. The lowest BCUT2D eigenvalue weighted by Gasteiger charge is -2.38. The number of hydrogen-bond donors (Lipinski definition) is 3. The molecule has 1 aliphatic carbocycles. The number of carbonyl (C=O) groups is 1. The molecular formula is C44H57F2N5O5Si. The number of ether oxygens (including phenoxy) is 2. The van der Waals surface area contributed by atoms with Crippen molar-refractivity contribution in [1.29, 1.82) is 0 Å². The highest BCUT2D eigenvalue weighted by Gasteiger charge is 2.44. The number of rotatable bonds is 10. The number of aromatic nitrogens is 3. The summed E-state index contributed by atoms with van der Waals surface area (Å²) in [6, 6.07) is 6.11. The number of halogens is 2. The van der Waals surface area contributed by atoms with Crippen LogP contribution in [0.25, 0.3) is 32.9 Å². The number of nitrogens with one attached hydrogen (secondary N) is 1. The smallest absolute Gasteiger partial charge is 0.412 e. The third-order valence-electron chi connectivity index (χ3n) is 11.7. The summed E-state index contributed by atoms with van der Waals surface area (Å²) in [6.45, 7) is 21.0. The number of aliphatic hydroxyl groups is 2. The average Bonchev–Trinajstić information content (AvgIpc) is 3.90. The van der Waals surface area contributed by atoms with E-state index in [2.05, 4.69) is 68.3 Å². The lowest BCUT2D eigenvalue weighted by molar-refractivity contribution is 0.0447. The molecule has 2 aromatic carbocycles. The number of β-amino-alcohol motifs (C(OH)–C–C–N with tert-alkyl or cyclic N) is 1. The number of hydrogen-bond acceptors (Lipinski definition) is 9. The van der Waals surface area contributed by atoms with Gasteiger partial charge >= 0.3 is 12.1 Å². The third-order valence-corrected chi connectivity index (χ3v) is 17.9. The highest BCUT2D eigenvalue weighted by molar-refractivity contribution is 6.90. The summed E-state index contributed by atoms with van der Waals surface area (Å²) in [5.74, 6) is 2.29. The molecule has 3 N–H and O–H groups in total. The fourth-order valence-corrected chi connectivity index (χ4v) is 13.7. The lowest BCUT2D eigenvalue weighted by Crippen LogP contribution is -2.46. The summed E-state index contributed by atoms with van der Waals surface area (Å²) in [7, 11) is -2.34. The molecule has 57 heavy (non-hydrogen) atoms. The van der Waals surface area contributed by atoms with E-state index in [1.165, 1.54) is 12.3 Å². The van der Waals surface area contributed by atoms with Crippen molar-refractivity contribution >= 4 is 47.3 Å². The number of benzene rings is 2. The molecule has 4 aromatic rings. The molecule has 1 saturated carbocycles. The Bertz CT molecular complexity index is 2220. The van der Waals surface area contributed by atoms with Gasteiger partial charge in [-0.05, 0) is 93.6 Å². The number of piperidine rings is 1. The van der Waals surface area contributed by atoms with Gasteiger partial charge in [-0.25, -0.2) is 13.6 Å². The van der Waals surface area contributed by atoms with Crippen molar-refractivity contribution in [2.75, 3.05) is 36.5 Å². The molecule has 306 valence electrons. The molecule has 0 bridgehead atoms. The van der Waals surface area contributed by atoms with E-state index in [4.69, 9.17) is 14.5 Å². The Morgan fingerprint density at radius 1 is 1.05 bits per heavy atom. The summed E-state index contributed by atoms with van der Waals surface area (Å²) in [4.78, 5) is 28.9. The van der Waals surface area contributed by atoms with Crippen molar-refractivity contribution < 1.29 is 33.3 Å². The number of carbonyl (C=O) groups excluding carboxylic acids is 1. The van der Waals surface area contributed by atoms with Gasteiger partial charge in [-0.1, -0.05) is 53.5 Å². The number of nitrogens with zero attached hydrogens (tertiary/aromatic N) is 4. The van der Waals surface area contributed by atoms with Crippen LogP contribution in [0.4, 0.5) is 25.1 Å². The molecule has 0 unspecified atom stereocenters. The largest absolute Gasteiger partial charge is 0.463 e. The quantitative estimate of drug-likeness (QED) is 0.106. The molecular weight excluding hydrogens is 745 g/mol. The molecule has 1 amide bonds. The first-order valence-electron chi connectivity index (χ1n) is 20.1. The number of fused-ring (bicyclic) bond motifs is 2. The minimum absolute atomic E-state index is 0.0531. The summed E-state index contributed by atoms with van der Waals surface area (Å²) >= 11 is 0. The van der Waals surface area contributed by atoms with Crippen LogP contribution in [0.1, 0.15) is 100 Å². The first-order chi connectivity index (χ1) is 26.7. The summed E-state index contributed by atoms with van der Waals surface area (Å²) < 4.78 is 45.4. The van der Waals surface area contributed by atoms with Gasteiger partial charge in [0.25, 0.3) is 0 Å². The maximum atomic E-state index is 17.5. The van der Waals surface area contributed by atoms with E-state index >= 15 is 8.78 Å². The molecule has 6 rings (SSSR count). The second-order valence-corrected chi connectivity index (χ2v) is 23.9. The fraction of sp³-hybridized carbons (Fsp3) is 0.545. The van der Waals surface area contributed by atoms with Gasteiger partial charge in [-0.3, -0.25) is 10.3 Å². The normalized spacial score (nSPS) is 18.3. The molecule has 2 fully saturated rings. The van der Waals surface area contributed by atoms with Gasteiger partial charge in [0.1, 0.15) is 36.5 Å². The highest BCUT2D eigenvalue weighted by atomic mass is 28.3. The summed E-state index contributed by atoms with van der Waals surface area (Å²) in [6.07, 6.45) is 3.65. The van der Waals surface area contributed by atoms with Crippen LogP contribution in [0.2, 0.25) is 16.6 Å². The topological polar surface area (TPSA) is 130 Å². The van der Waals surface area contributed by atoms with Crippen LogP contribution in [0.5, 0.6) is 6.01 Å². The molecule has 1 atom stereocenters. The Morgan fingerprint density at radius 3 is 2.33 bits per heavy atom. The van der Waals surface area contributed by atoms with Crippen molar-refractivity contribution in [3.05, 3.63) is 47.7 Å². The molecule has 10 nitrogen and oxygen atoms in total. The summed E-state index contributed by atoms with van der Waals surface area (Å²) in [5, 5.41) is 24.9. The van der Waals surface area contributed by atoms with Crippen molar-refractivity contribution in [3.63, 3.8) is 0 Å². The maximum absolute atomic E-state index is 17.5. The van der Waals surface area contributed by atoms with Crippen LogP contribution in [0.15, 0.2) is 30.5 Å². The van der Waals surface area contributed by atoms with Crippen LogP contribution in [0, 0.1) is 28.5 Å². The van der Waals surface area contributed by atoms with Crippen molar-refractivity contribution in [2.45, 2.75) is 123 Å². The maximum Gasteiger partial charge on any atom is 0.412 e. The van der Waals surface area contributed by atoms with Gasteiger partial charge in [-0.15, -0.1) is 5.54 Å². The van der Waals surface area contributed by atoms with Crippen molar-refractivity contribution in [2.24, 2.45) is 5.41 Å². The Labute approximate surface area is 335 Å². The van der Waals surface area contributed by atoms with E-state index in [1.807, 2.05) is 4.90 Å². The number of anilines is 2. The van der Waals surface area contributed by atoms with E-state index in [0.29, 0.717) is 41.4 Å². The van der Waals surface area contributed by atoms with Gasteiger partial charge < -0.3 is 24.6 Å².